The van der Waals surface area contributed by atoms with Crippen LogP contribution in [0.4, 0.5) is 5.82 Å². The maximum absolute atomic E-state index is 11.9. The van der Waals surface area contributed by atoms with Crippen molar-refractivity contribution >= 4 is 50.9 Å². The SMILES string of the molecule is COc1cc(CNCCNC(=O)c2nonc2N)c(Br)cc1OCc1ccc(Cl)cc1Cl. The van der Waals surface area contributed by atoms with E-state index < -0.39 is 5.91 Å². The number of carbonyl (C=O) groups excluding carboxylic acids is 1. The number of nitrogen functional groups attached to an aromatic ring is 1. The van der Waals surface area contributed by atoms with Gasteiger partial charge in [0, 0.05) is 39.7 Å². The third-order valence-electron chi connectivity index (χ3n) is 4.36. The Morgan fingerprint density at radius 2 is 1.97 bits per heavy atom. The minimum absolute atomic E-state index is 0.0343. The first-order chi connectivity index (χ1) is 15.4. The van der Waals surface area contributed by atoms with E-state index in [1.807, 2.05) is 18.2 Å². The lowest BCUT2D eigenvalue weighted by molar-refractivity contribution is 0.0944. The number of hydrogen-bond acceptors (Lipinski definition) is 8. The zero-order valence-electron chi connectivity index (χ0n) is 17.0. The van der Waals surface area contributed by atoms with Crippen LogP contribution < -0.4 is 25.8 Å². The number of carbonyl (C=O) groups is 1. The molecule has 0 fully saturated rings. The molecule has 1 amide bonds. The number of rotatable bonds is 10. The van der Waals surface area contributed by atoms with Crippen molar-refractivity contribution in [3.63, 3.8) is 0 Å². The molecule has 12 heteroatoms. The summed E-state index contributed by atoms with van der Waals surface area (Å²) >= 11 is 15.7. The number of halogens is 3. The van der Waals surface area contributed by atoms with E-state index in [1.54, 1.807) is 19.2 Å². The molecule has 0 radical (unpaired) electrons. The van der Waals surface area contributed by atoms with Crippen LogP contribution in [0.15, 0.2) is 39.4 Å². The van der Waals surface area contributed by atoms with E-state index in [2.05, 4.69) is 41.5 Å². The van der Waals surface area contributed by atoms with Gasteiger partial charge in [-0.05, 0) is 40.1 Å². The second kappa shape index (κ2) is 11.4. The van der Waals surface area contributed by atoms with Crippen LogP contribution in [0.2, 0.25) is 10.0 Å². The molecule has 0 saturated carbocycles. The van der Waals surface area contributed by atoms with E-state index in [0.29, 0.717) is 41.2 Å². The third-order valence-corrected chi connectivity index (χ3v) is 5.69. The molecule has 4 N–H and O–H groups in total. The Bertz CT molecular complexity index is 1100. The molecule has 0 bridgehead atoms. The molecule has 0 aliphatic carbocycles. The van der Waals surface area contributed by atoms with Crippen molar-refractivity contribution in [2.45, 2.75) is 13.2 Å². The largest absolute Gasteiger partial charge is 0.493 e. The number of anilines is 1. The topological polar surface area (TPSA) is 125 Å². The third kappa shape index (κ3) is 6.26. The average molecular weight is 545 g/mol. The highest BCUT2D eigenvalue weighted by molar-refractivity contribution is 9.10. The maximum atomic E-state index is 11.9. The van der Waals surface area contributed by atoms with Gasteiger partial charge in [-0.25, -0.2) is 4.63 Å². The van der Waals surface area contributed by atoms with E-state index in [0.717, 1.165) is 15.6 Å². The van der Waals surface area contributed by atoms with Gasteiger partial charge in [0.1, 0.15) is 6.61 Å². The first-order valence-corrected chi connectivity index (χ1v) is 10.9. The average Bonchev–Trinajstić information content (AvgIpc) is 3.19. The highest BCUT2D eigenvalue weighted by atomic mass is 79.9. The van der Waals surface area contributed by atoms with Gasteiger partial charge in [0.25, 0.3) is 5.91 Å². The number of methoxy groups -OCH3 is 1. The molecule has 0 spiro atoms. The Labute approximate surface area is 202 Å². The van der Waals surface area contributed by atoms with E-state index in [1.165, 1.54) is 0 Å². The molecule has 1 heterocycles. The van der Waals surface area contributed by atoms with Gasteiger partial charge < -0.3 is 25.8 Å². The van der Waals surface area contributed by atoms with Crippen LogP contribution >= 0.6 is 39.1 Å². The number of benzene rings is 2. The fourth-order valence-corrected chi connectivity index (χ4v) is 3.63. The van der Waals surface area contributed by atoms with Gasteiger partial charge in [-0.3, -0.25) is 4.79 Å². The summed E-state index contributed by atoms with van der Waals surface area (Å²) in [6.45, 7) is 1.67. The summed E-state index contributed by atoms with van der Waals surface area (Å²) in [5.74, 6) is 0.653. The molecular weight excluding hydrogens is 525 g/mol. The number of ether oxygens (including phenoxy) is 2. The van der Waals surface area contributed by atoms with Gasteiger partial charge in [0.2, 0.25) is 11.5 Å². The molecule has 0 aliphatic heterocycles. The Balaban J connectivity index is 1.52. The maximum Gasteiger partial charge on any atom is 0.277 e. The summed E-state index contributed by atoms with van der Waals surface area (Å²) in [4.78, 5) is 11.9. The predicted molar refractivity (Wildman–Crippen MR) is 124 cm³/mol. The second-order valence-corrected chi connectivity index (χ2v) is 8.25. The molecule has 2 aromatic carbocycles. The van der Waals surface area contributed by atoms with Gasteiger partial charge in [0.15, 0.2) is 11.5 Å². The van der Waals surface area contributed by atoms with Crippen LogP contribution in [0.5, 0.6) is 11.5 Å². The van der Waals surface area contributed by atoms with Crippen molar-refractivity contribution in [1.29, 1.82) is 0 Å². The Morgan fingerprint density at radius 1 is 1.16 bits per heavy atom. The van der Waals surface area contributed by atoms with Crippen LogP contribution in [0.1, 0.15) is 21.6 Å². The fourth-order valence-electron chi connectivity index (χ4n) is 2.70. The first kappa shape index (κ1) is 24.1. The lowest BCUT2D eigenvalue weighted by Crippen LogP contribution is -2.32. The van der Waals surface area contributed by atoms with Crippen LogP contribution in [-0.4, -0.2) is 36.4 Å². The smallest absolute Gasteiger partial charge is 0.277 e. The van der Waals surface area contributed by atoms with E-state index in [4.69, 9.17) is 38.4 Å². The molecule has 0 saturated heterocycles. The zero-order valence-corrected chi connectivity index (χ0v) is 20.1. The van der Waals surface area contributed by atoms with Crippen molar-refractivity contribution < 1.29 is 18.9 Å². The highest BCUT2D eigenvalue weighted by Gasteiger charge is 2.15. The molecule has 1 aromatic heterocycles. The minimum Gasteiger partial charge on any atom is -0.493 e. The predicted octanol–water partition coefficient (Wildman–Crippen LogP) is 3.83. The molecule has 9 nitrogen and oxygen atoms in total. The molecule has 0 aliphatic rings. The summed E-state index contributed by atoms with van der Waals surface area (Å²) in [5.41, 5.74) is 7.22. The summed E-state index contributed by atoms with van der Waals surface area (Å²) in [5, 5.41) is 13.8. The number of nitrogens with one attached hydrogen (secondary N) is 2. The number of nitrogens with two attached hydrogens (primary N) is 1. The van der Waals surface area contributed by atoms with Crippen LogP contribution in [0.25, 0.3) is 0 Å². The van der Waals surface area contributed by atoms with Crippen LogP contribution in [0, 0.1) is 0 Å². The normalized spacial score (nSPS) is 10.8. The Hall–Kier alpha value is -2.53. The van der Waals surface area contributed by atoms with Crippen molar-refractivity contribution in [3.05, 3.63) is 61.7 Å². The molecular formula is C20H20BrCl2N5O4. The van der Waals surface area contributed by atoms with Crippen molar-refractivity contribution in [2.75, 3.05) is 25.9 Å². The molecule has 170 valence electrons. The molecule has 0 atom stereocenters. The van der Waals surface area contributed by atoms with Gasteiger partial charge >= 0.3 is 0 Å². The zero-order chi connectivity index (χ0) is 23.1. The fraction of sp³-hybridized carbons (Fsp3) is 0.250. The number of amides is 1. The van der Waals surface area contributed by atoms with Gasteiger partial charge in [0.05, 0.1) is 7.11 Å². The summed E-state index contributed by atoms with van der Waals surface area (Å²) in [6.07, 6.45) is 0. The Morgan fingerprint density at radius 3 is 2.66 bits per heavy atom. The van der Waals surface area contributed by atoms with Crippen molar-refractivity contribution in [1.82, 2.24) is 20.9 Å². The van der Waals surface area contributed by atoms with E-state index in [-0.39, 0.29) is 18.1 Å². The second-order valence-electron chi connectivity index (χ2n) is 6.55. The standard InChI is InChI=1S/C20H20BrCl2N5O4/c1-30-16-6-12(9-25-4-5-26-20(29)18-19(24)28-32-27-18)14(21)8-17(16)31-10-11-2-3-13(22)7-15(11)23/h2-3,6-8,25H,4-5,9-10H2,1H3,(H2,24,28)(H,26,29). The molecule has 3 rings (SSSR count). The number of aromatic nitrogens is 2. The molecule has 3 aromatic rings. The van der Waals surface area contributed by atoms with Gasteiger partial charge in [-0.2, -0.15) is 0 Å². The number of nitrogens with zero attached hydrogens (tertiary/aromatic N) is 2. The molecule has 0 unspecified atom stereocenters. The summed E-state index contributed by atoms with van der Waals surface area (Å²) < 4.78 is 16.6. The molecule has 32 heavy (non-hydrogen) atoms. The first-order valence-electron chi connectivity index (χ1n) is 9.39. The highest BCUT2D eigenvalue weighted by Crippen LogP contribution is 2.34. The Kier molecular flexibility index (Phi) is 8.57. The lowest BCUT2D eigenvalue weighted by Gasteiger charge is -2.15. The van der Waals surface area contributed by atoms with Crippen molar-refractivity contribution in [2.24, 2.45) is 0 Å². The number of hydrogen-bond donors (Lipinski definition) is 3. The monoisotopic (exact) mass is 543 g/mol. The minimum atomic E-state index is -0.448. The summed E-state index contributed by atoms with van der Waals surface area (Å²) in [6, 6.07) is 8.95. The summed E-state index contributed by atoms with van der Waals surface area (Å²) in [7, 11) is 1.57. The van der Waals surface area contributed by atoms with Crippen LogP contribution in [0.3, 0.4) is 0 Å². The van der Waals surface area contributed by atoms with Crippen LogP contribution in [-0.2, 0) is 13.2 Å². The quantitative estimate of drug-likeness (QED) is 0.329. The van der Waals surface area contributed by atoms with Gasteiger partial charge in [-0.1, -0.05) is 45.2 Å². The van der Waals surface area contributed by atoms with E-state index >= 15 is 0 Å². The van der Waals surface area contributed by atoms with Gasteiger partial charge in [-0.15, -0.1) is 0 Å². The lowest BCUT2D eigenvalue weighted by atomic mass is 10.2. The van der Waals surface area contributed by atoms with Crippen molar-refractivity contribution in [3.8, 4) is 11.5 Å². The van der Waals surface area contributed by atoms with E-state index in [9.17, 15) is 4.79 Å².